The van der Waals surface area contributed by atoms with Crippen LogP contribution in [0.25, 0.3) is 11.3 Å². The van der Waals surface area contributed by atoms with E-state index in [0.29, 0.717) is 16.3 Å². The van der Waals surface area contributed by atoms with Crippen LogP contribution in [0, 0.1) is 5.82 Å². The molecule has 0 saturated heterocycles. The summed E-state index contributed by atoms with van der Waals surface area (Å²) in [6, 6.07) is 6.12. The first-order valence-corrected chi connectivity index (χ1v) is 5.40. The van der Waals surface area contributed by atoms with Gasteiger partial charge >= 0.3 is 0 Å². The molecule has 0 aliphatic rings. The molecule has 0 radical (unpaired) electrons. The Balaban J connectivity index is 2.49. The molecule has 0 amide bonds. The molecule has 0 atom stereocenters. The van der Waals surface area contributed by atoms with Gasteiger partial charge in [-0.15, -0.1) is 0 Å². The predicted molar refractivity (Wildman–Crippen MR) is 66.8 cm³/mol. The summed E-state index contributed by atoms with van der Waals surface area (Å²) < 4.78 is 13.2. The van der Waals surface area contributed by atoms with Crippen molar-refractivity contribution in [2.45, 2.75) is 0 Å². The minimum Gasteiger partial charge on any atom is -0.363 e. The summed E-state index contributed by atoms with van der Waals surface area (Å²) in [6.07, 6.45) is 1.45. The minimum absolute atomic E-state index is 0.352. The van der Waals surface area contributed by atoms with Crippen molar-refractivity contribution in [2.75, 3.05) is 19.0 Å². The fraction of sp³-hybridized carbons (Fsp3) is 0.167. The molecule has 0 saturated carbocycles. The van der Waals surface area contributed by atoms with Crippen LogP contribution in [0.15, 0.2) is 30.6 Å². The molecular weight excluding hydrogens is 241 g/mol. The zero-order valence-electron chi connectivity index (χ0n) is 9.48. The second-order valence-electron chi connectivity index (χ2n) is 3.81. The molecule has 0 aliphatic heterocycles. The summed E-state index contributed by atoms with van der Waals surface area (Å²) in [6.45, 7) is 0. The Kier molecular flexibility index (Phi) is 3.24. The van der Waals surface area contributed by atoms with Gasteiger partial charge in [0.1, 0.15) is 18.0 Å². The summed E-state index contributed by atoms with van der Waals surface area (Å²) in [7, 11) is 3.76. The number of hydrogen-bond acceptors (Lipinski definition) is 3. The van der Waals surface area contributed by atoms with E-state index < -0.39 is 0 Å². The highest BCUT2D eigenvalue weighted by atomic mass is 35.5. The summed E-state index contributed by atoms with van der Waals surface area (Å²) >= 11 is 5.81. The van der Waals surface area contributed by atoms with Crippen molar-refractivity contribution in [1.29, 1.82) is 0 Å². The molecule has 0 aliphatic carbocycles. The topological polar surface area (TPSA) is 29.0 Å². The van der Waals surface area contributed by atoms with Gasteiger partial charge in [-0.2, -0.15) is 0 Å². The van der Waals surface area contributed by atoms with Gasteiger partial charge in [-0.3, -0.25) is 0 Å². The van der Waals surface area contributed by atoms with E-state index in [2.05, 4.69) is 9.97 Å². The number of rotatable bonds is 2. The number of anilines is 1. The molecule has 0 N–H and O–H groups in total. The Bertz CT molecular complexity index is 523. The molecule has 1 aromatic carbocycles. The maximum atomic E-state index is 13.2. The normalized spacial score (nSPS) is 10.4. The van der Waals surface area contributed by atoms with Crippen molar-refractivity contribution in [3.63, 3.8) is 0 Å². The van der Waals surface area contributed by atoms with Crippen LogP contribution in [0.3, 0.4) is 0 Å². The number of aromatic nitrogens is 2. The molecule has 0 bridgehead atoms. The highest BCUT2D eigenvalue weighted by molar-refractivity contribution is 6.30. The largest absolute Gasteiger partial charge is 0.363 e. The van der Waals surface area contributed by atoms with Gasteiger partial charge in [0.25, 0.3) is 0 Å². The van der Waals surface area contributed by atoms with Crippen LogP contribution < -0.4 is 4.90 Å². The molecule has 0 unspecified atom stereocenters. The van der Waals surface area contributed by atoms with Crippen molar-refractivity contribution < 1.29 is 4.39 Å². The first kappa shape index (κ1) is 11.8. The quantitative estimate of drug-likeness (QED) is 0.822. The van der Waals surface area contributed by atoms with Crippen LogP contribution in [-0.4, -0.2) is 24.1 Å². The summed E-state index contributed by atoms with van der Waals surface area (Å²) in [5.41, 5.74) is 1.28. The van der Waals surface area contributed by atoms with Crippen LogP contribution in [0.4, 0.5) is 10.2 Å². The van der Waals surface area contributed by atoms with E-state index in [4.69, 9.17) is 11.6 Å². The second kappa shape index (κ2) is 4.67. The lowest BCUT2D eigenvalue weighted by molar-refractivity contribution is 0.628. The van der Waals surface area contributed by atoms with Crippen LogP contribution in [0.1, 0.15) is 0 Å². The van der Waals surface area contributed by atoms with Crippen molar-refractivity contribution in [3.05, 3.63) is 41.4 Å². The molecule has 88 valence electrons. The summed E-state index contributed by atoms with van der Waals surface area (Å²) in [5.74, 6) is 0.382. The molecule has 17 heavy (non-hydrogen) atoms. The van der Waals surface area contributed by atoms with E-state index in [9.17, 15) is 4.39 Å². The molecule has 3 nitrogen and oxygen atoms in total. The standard InChI is InChI=1S/C12H11ClFN3/c1-17(2)12-6-11(15-7-16-12)8-3-9(13)5-10(14)4-8/h3-7H,1-2H3. The van der Waals surface area contributed by atoms with Crippen molar-refractivity contribution in [1.82, 2.24) is 9.97 Å². The Morgan fingerprint density at radius 3 is 2.53 bits per heavy atom. The van der Waals surface area contributed by atoms with Crippen LogP contribution in [-0.2, 0) is 0 Å². The Labute approximate surface area is 104 Å². The molecule has 2 aromatic rings. The third kappa shape index (κ3) is 2.71. The lowest BCUT2D eigenvalue weighted by Gasteiger charge is -2.11. The van der Waals surface area contributed by atoms with E-state index in [1.807, 2.05) is 19.0 Å². The first-order chi connectivity index (χ1) is 8.06. The first-order valence-electron chi connectivity index (χ1n) is 5.02. The van der Waals surface area contributed by atoms with Crippen LogP contribution in [0.5, 0.6) is 0 Å². The average molecular weight is 252 g/mol. The third-order valence-electron chi connectivity index (χ3n) is 2.27. The highest BCUT2D eigenvalue weighted by Gasteiger charge is 2.06. The Hall–Kier alpha value is -1.68. The van der Waals surface area contributed by atoms with E-state index in [1.54, 1.807) is 12.1 Å². The molecule has 1 aromatic heterocycles. The maximum Gasteiger partial charge on any atom is 0.132 e. The second-order valence-corrected chi connectivity index (χ2v) is 4.25. The van der Waals surface area contributed by atoms with E-state index in [0.717, 1.165) is 5.82 Å². The molecule has 2 rings (SSSR count). The summed E-state index contributed by atoms with van der Waals surface area (Å²) in [4.78, 5) is 10.1. The third-order valence-corrected chi connectivity index (χ3v) is 2.49. The summed E-state index contributed by atoms with van der Waals surface area (Å²) in [5, 5.41) is 0.352. The van der Waals surface area contributed by atoms with Crippen molar-refractivity contribution in [2.24, 2.45) is 0 Å². The zero-order chi connectivity index (χ0) is 12.4. The number of hydrogen-bond donors (Lipinski definition) is 0. The number of benzene rings is 1. The van der Waals surface area contributed by atoms with Gasteiger partial charge in [0.05, 0.1) is 5.69 Å². The zero-order valence-corrected chi connectivity index (χ0v) is 10.2. The average Bonchev–Trinajstić information content (AvgIpc) is 2.28. The smallest absolute Gasteiger partial charge is 0.132 e. The fourth-order valence-electron chi connectivity index (χ4n) is 1.45. The predicted octanol–water partition coefficient (Wildman–Crippen LogP) is 3.00. The molecule has 0 spiro atoms. The molecule has 1 heterocycles. The van der Waals surface area contributed by atoms with Gasteiger partial charge < -0.3 is 4.90 Å². The highest BCUT2D eigenvalue weighted by Crippen LogP contribution is 2.24. The van der Waals surface area contributed by atoms with Gasteiger partial charge in [-0.1, -0.05) is 11.6 Å². The van der Waals surface area contributed by atoms with Crippen molar-refractivity contribution in [3.8, 4) is 11.3 Å². The minimum atomic E-state index is -0.377. The molecular formula is C12H11ClFN3. The van der Waals surface area contributed by atoms with Gasteiger partial charge in [-0.25, -0.2) is 14.4 Å². The van der Waals surface area contributed by atoms with Gasteiger partial charge in [0, 0.05) is 30.7 Å². The molecule has 0 fully saturated rings. The Morgan fingerprint density at radius 1 is 1.12 bits per heavy atom. The van der Waals surface area contributed by atoms with Gasteiger partial charge in [0.15, 0.2) is 0 Å². The van der Waals surface area contributed by atoms with Crippen LogP contribution in [0.2, 0.25) is 5.02 Å². The van der Waals surface area contributed by atoms with Crippen molar-refractivity contribution >= 4 is 17.4 Å². The SMILES string of the molecule is CN(C)c1cc(-c2cc(F)cc(Cl)c2)ncn1. The lowest BCUT2D eigenvalue weighted by Crippen LogP contribution is -2.10. The van der Waals surface area contributed by atoms with Gasteiger partial charge in [0.2, 0.25) is 0 Å². The number of halogens is 2. The monoisotopic (exact) mass is 251 g/mol. The molecule has 5 heteroatoms. The fourth-order valence-corrected chi connectivity index (χ4v) is 1.67. The van der Waals surface area contributed by atoms with Gasteiger partial charge in [-0.05, 0) is 18.2 Å². The lowest BCUT2D eigenvalue weighted by atomic mass is 10.1. The van der Waals surface area contributed by atoms with Crippen LogP contribution >= 0.6 is 11.6 Å². The number of nitrogens with zero attached hydrogens (tertiary/aromatic N) is 3. The Morgan fingerprint density at radius 2 is 1.88 bits per heavy atom. The van der Waals surface area contributed by atoms with E-state index >= 15 is 0 Å². The van der Waals surface area contributed by atoms with E-state index in [1.165, 1.54) is 18.5 Å². The van der Waals surface area contributed by atoms with E-state index in [-0.39, 0.29) is 5.82 Å². The maximum absolute atomic E-state index is 13.2.